The van der Waals surface area contributed by atoms with Gasteiger partial charge in [-0.1, -0.05) is 44.0 Å². The second-order valence-corrected chi connectivity index (χ2v) is 17.5. The Hall–Kier alpha value is -3.95. The fraction of sp³-hybridized carbons (Fsp3) is 0.528. The molecule has 1 saturated heterocycles. The van der Waals surface area contributed by atoms with Crippen molar-refractivity contribution >= 4 is 61.7 Å². The van der Waals surface area contributed by atoms with Gasteiger partial charge in [-0.25, -0.2) is 23.2 Å². The quantitative estimate of drug-likeness (QED) is 0.258. The summed E-state index contributed by atoms with van der Waals surface area (Å²) in [6.45, 7) is 4.66. The first-order valence-electron chi connectivity index (χ1n) is 17.8. The van der Waals surface area contributed by atoms with E-state index >= 15 is 0 Å². The Morgan fingerprint density at radius 3 is 2.69 bits per heavy atom. The Labute approximate surface area is 311 Å². The Kier molecular flexibility index (Phi) is 10.1. The van der Waals surface area contributed by atoms with Gasteiger partial charge in [0.15, 0.2) is 0 Å². The Morgan fingerprint density at radius 2 is 1.96 bits per heavy atom. The number of rotatable bonds is 8. The molecule has 0 radical (unpaired) electrons. The smallest absolute Gasteiger partial charge is 0.318 e. The van der Waals surface area contributed by atoms with Gasteiger partial charge in [0.1, 0.15) is 44.9 Å². The van der Waals surface area contributed by atoms with E-state index in [9.17, 15) is 22.8 Å². The number of sulfonamides is 1. The van der Waals surface area contributed by atoms with Crippen LogP contribution in [0.4, 0.5) is 4.79 Å². The third-order valence-electron chi connectivity index (χ3n) is 10.2. The molecule has 4 heterocycles. The Balaban J connectivity index is 1.20. The average Bonchev–Trinajstić information content (AvgIpc) is 3.98. The molecule has 3 aromatic rings. The van der Waals surface area contributed by atoms with Gasteiger partial charge in [0.05, 0.1) is 30.1 Å². The van der Waals surface area contributed by atoms with E-state index < -0.39 is 50.8 Å². The molecule has 0 bridgehead atoms. The van der Waals surface area contributed by atoms with Crippen molar-refractivity contribution < 1.29 is 32.3 Å². The lowest BCUT2D eigenvalue weighted by Crippen LogP contribution is -2.57. The number of methoxy groups -OCH3 is 1. The van der Waals surface area contributed by atoms with Crippen molar-refractivity contribution in [3.63, 3.8) is 0 Å². The van der Waals surface area contributed by atoms with Gasteiger partial charge in [-0.3, -0.25) is 14.3 Å². The van der Waals surface area contributed by atoms with Crippen molar-refractivity contribution in [1.29, 1.82) is 0 Å². The number of carbonyl (C=O) groups is 3. The SMILES string of the molecule is COc1ccc2c(OC3CC4C(=O)NC5(C(=O)NS(=O)(=O)C6CC6)CC5/C=C/CCCCCNC(=O)N4C3)cc(-c3nc(C(C)C)cs3)nc2c1Cl. The van der Waals surface area contributed by atoms with Crippen LogP contribution >= 0.6 is 22.9 Å². The van der Waals surface area contributed by atoms with Crippen molar-refractivity contribution in [3.8, 4) is 22.2 Å². The zero-order valence-corrected chi connectivity index (χ0v) is 31.7. The van der Waals surface area contributed by atoms with Crippen LogP contribution in [0.2, 0.25) is 5.02 Å². The van der Waals surface area contributed by atoms with Gasteiger partial charge in [0.25, 0.3) is 5.91 Å². The van der Waals surface area contributed by atoms with Gasteiger partial charge in [-0.15, -0.1) is 11.3 Å². The van der Waals surface area contributed by atoms with Gasteiger partial charge < -0.3 is 25.0 Å². The molecule has 2 aliphatic heterocycles. The molecule has 0 spiro atoms. The van der Waals surface area contributed by atoms with E-state index in [2.05, 4.69) is 29.2 Å². The van der Waals surface area contributed by atoms with E-state index in [-0.39, 0.29) is 31.2 Å². The third kappa shape index (κ3) is 7.31. The fourth-order valence-corrected chi connectivity index (χ4v) is 9.45. The van der Waals surface area contributed by atoms with Crippen molar-refractivity contribution in [3.05, 3.63) is 46.4 Å². The van der Waals surface area contributed by atoms with E-state index in [1.807, 2.05) is 17.5 Å². The van der Waals surface area contributed by atoms with Gasteiger partial charge in [0.2, 0.25) is 15.9 Å². The van der Waals surface area contributed by atoms with Crippen LogP contribution < -0.4 is 24.8 Å². The molecule has 13 nitrogen and oxygen atoms in total. The molecule has 2 saturated carbocycles. The van der Waals surface area contributed by atoms with E-state index in [1.54, 1.807) is 18.2 Å². The van der Waals surface area contributed by atoms with E-state index in [0.717, 1.165) is 31.4 Å². The maximum Gasteiger partial charge on any atom is 0.318 e. The first kappa shape index (κ1) is 36.4. The number of halogens is 1. The molecule has 4 aliphatic rings. The van der Waals surface area contributed by atoms with Crippen LogP contribution in [0, 0.1) is 5.92 Å². The monoisotopic (exact) mass is 770 g/mol. The van der Waals surface area contributed by atoms with Crippen LogP contribution in [0.15, 0.2) is 35.7 Å². The zero-order valence-electron chi connectivity index (χ0n) is 29.3. The molecule has 52 heavy (non-hydrogen) atoms. The summed E-state index contributed by atoms with van der Waals surface area (Å²) in [6, 6.07) is 3.92. The molecule has 2 aromatic heterocycles. The summed E-state index contributed by atoms with van der Waals surface area (Å²) >= 11 is 8.24. The summed E-state index contributed by atoms with van der Waals surface area (Å²) in [4.78, 5) is 52.5. The van der Waals surface area contributed by atoms with Crippen LogP contribution in [0.3, 0.4) is 0 Å². The number of allylic oxidation sites excluding steroid dienone is 1. The van der Waals surface area contributed by atoms with Crippen LogP contribution in [0.1, 0.15) is 76.8 Å². The highest BCUT2D eigenvalue weighted by molar-refractivity contribution is 7.91. The topological polar surface area (TPSA) is 169 Å². The molecule has 3 N–H and O–H groups in total. The summed E-state index contributed by atoms with van der Waals surface area (Å²) in [5.74, 6) is -0.559. The summed E-state index contributed by atoms with van der Waals surface area (Å²) in [6.07, 6.45) is 7.93. The van der Waals surface area contributed by atoms with Gasteiger partial charge in [-0.2, -0.15) is 0 Å². The molecular weight excluding hydrogens is 728 g/mol. The number of nitrogens with zero attached hydrogens (tertiary/aromatic N) is 3. The Morgan fingerprint density at radius 1 is 1.15 bits per heavy atom. The maximum absolute atomic E-state index is 14.2. The lowest BCUT2D eigenvalue weighted by molar-refractivity contribution is -0.131. The van der Waals surface area contributed by atoms with Crippen LogP contribution in [-0.4, -0.2) is 84.3 Å². The van der Waals surface area contributed by atoms with Crippen molar-refractivity contribution in [2.75, 3.05) is 20.2 Å². The summed E-state index contributed by atoms with van der Waals surface area (Å²) in [5.41, 5.74) is 0.508. The Bertz CT molecular complexity index is 2030. The predicted octanol–water partition coefficient (Wildman–Crippen LogP) is 5.29. The number of nitrogens with one attached hydrogen (secondary N) is 3. The highest BCUT2D eigenvalue weighted by atomic mass is 35.5. The van der Waals surface area contributed by atoms with E-state index in [1.165, 1.54) is 23.3 Å². The number of hydrogen-bond donors (Lipinski definition) is 3. The summed E-state index contributed by atoms with van der Waals surface area (Å²) in [5, 5.41) is 8.86. The van der Waals surface area contributed by atoms with Crippen LogP contribution in [0.25, 0.3) is 21.6 Å². The van der Waals surface area contributed by atoms with Crippen molar-refractivity contribution in [2.24, 2.45) is 5.92 Å². The fourth-order valence-electron chi connectivity index (χ4n) is 6.87. The molecule has 2 aliphatic carbocycles. The predicted molar refractivity (Wildman–Crippen MR) is 198 cm³/mol. The number of benzene rings is 1. The van der Waals surface area contributed by atoms with Gasteiger partial charge in [-0.05, 0) is 56.6 Å². The highest BCUT2D eigenvalue weighted by Crippen LogP contribution is 2.46. The molecule has 3 fully saturated rings. The number of thiazole rings is 1. The summed E-state index contributed by atoms with van der Waals surface area (Å²) < 4.78 is 39.9. The lowest BCUT2D eigenvalue weighted by atomic mass is 10.1. The standard InChI is InChI=1S/C36H43ClN6O7S2/c1-20(2)26-19-51-33(40-26)25-16-29(24-12-13-28(49-3)30(37)31(24)39-25)50-22-15-27-32(44)41-36(34(45)42-52(47,48)23-10-11-23)17-21(36)9-7-5-4-6-8-14-38-35(46)43(27)18-22/h7,9,12-13,16,19-23,27H,4-6,8,10-11,14-15,17-18H2,1-3H3,(H,38,46)(H,41,44)(H,42,45)/b9-7+. The first-order valence-corrected chi connectivity index (χ1v) is 20.6. The minimum atomic E-state index is -3.85. The normalized spacial score (nSPS) is 26.0. The van der Waals surface area contributed by atoms with Crippen molar-refractivity contribution in [2.45, 2.75) is 94.1 Å². The minimum Gasteiger partial charge on any atom is -0.495 e. The van der Waals surface area contributed by atoms with Gasteiger partial charge >= 0.3 is 6.03 Å². The number of amides is 4. The second-order valence-electron chi connectivity index (χ2n) is 14.3. The number of aromatic nitrogens is 2. The maximum atomic E-state index is 14.2. The molecule has 16 heteroatoms. The zero-order chi connectivity index (χ0) is 36.8. The molecule has 4 unspecified atom stereocenters. The number of urea groups is 1. The van der Waals surface area contributed by atoms with E-state index in [0.29, 0.717) is 57.5 Å². The number of ether oxygens (including phenoxy) is 2. The van der Waals surface area contributed by atoms with E-state index in [4.69, 9.17) is 31.0 Å². The number of hydrogen-bond acceptors (Lipinski definition) is 10. The molecule has 4 atom stereocenters. The summed E-state index contributed by atoms with van der Waals surface area (Å²) in [7, 11) is -2.32. The first-order chi connectivity index (χ1) is 24.9. The van der Waals surface area contributed by atoms with Crippen LogP contribution in [-0.2, 0) is 19.6 Å². The van der Waals surface area contributed by atoms with Crippen LogP contribution in [0.5, 0.6) is 11.5 Å². The van der Waals surface area contributed by atoms with Crippen molar-refractivity contribution in [1.82, 2.24) is 30.2 Å². The molecular formula is C36H43ClN6O7S2. The molecule has 7 rings (SSSR count). The average molecular weight is 771 g/mol. The third-order valence-corrected chi connectivity index (χ3v) is 13.2. The molecule has 1 aromatic carbocycles. The number of pyridine rings is 1. The highest BCUT2D eigenvalue weighted by Gasteiger charge is 2.62. The number of carbonyl (C=O) groups excluding carboxylic acids is 3. The second kappa shape index (κ2) is 14.5. The molecule has 278 valence electrons. The molecule has 4 amide bonds. The number of fused-ring (bicyclic) bond motifs is 3. The minimum absolute atomic E-state index is 0.0836. The largest absolute Gasteiger partial charge is 0.495 e. The lowest BCUT2D eigenvalue weighted by Gasteiger charge is -2.26. The van der Waals surface area contributed by atoms with Gasteiger partial charge in [0, 0.05) is 35.7 Å².